The van der Waals surface area contributed by atoms with Crippen molar-refractivity contribution in [2.75, 3.05) is 54.2 Å². The van der Waals surface area contributed by atoms with Gasteiger partial charge in [0.05, 0.1) is 0 Å². The molecule has 8 heteroatoms. The average Bonchev–Trinajstić information content (AvgIpc) is 2.73. The Hall–Kier alpha value is -1.08. The Morgan fingerprint density at radius 2 is 1.04 bits per heavy atom. The number of benzene rings is 2. The molecule has 0 atom stereocenters. The van der Waals surface area contributed by atoms with Crippen molar-refractivity contribution in [3.8, 4) is 11.5 Å². The summed E-state index contributed by atoms with van der Waals surface area (Å²) in [5.74, 6) is 1.86. The normalized spacial score (nSPS) is 10.8. The first-order chi connectivity index (χ1) is 13.8. The Morgan fingerprint density at radius 1 is 0.607 bits per heavy atom. The molecule has 0 aliphatic carbocycles. The van der Waals surface area contributed by atoms with Crippen molar-refractivity contribution in [3.05, 3.63) is 48.5 Å². The third kappa shape index (κ3) is 8.95. The molecule has 0 unspecified atom stereocenters. The molecule has 0 heterocycles. The predicted octanol–water partition coefficient (Wildman–Crippen LogP) is 0.959. The zero-order valence-corrected chi connectivity index (χ0v) is 19.6. The van der Waals surface area contributed by atoms with Gasteiger partial charge in [-0.1, -0.05) is 0 Å². The van der Waals surface area contributed by atoms with Gasteiger partial charge in [-0.2, -0.15) is 0 Å². The van der Waals surface area contributed by atoms with Crippen molar-refractivity contribution in [3.63, 3.8) is 0 Å². The summed E-state index contributed by atoms with van der Waals surface area (Å²) >= 11 is 0.561. The van der Waals surface area contributed by atoms with Crippen molar-refractivity contribution < 1.29 is 28.4 Å². The monoisotopic (exact) mass is 522 g/mol. The van der Waals surface area contributed by atoms with E-state index in [4.69, 9.17) is 28.4 Å². The van der Waals surface area contributed by atoms with E-state index in [9.17, 15) is 0 Å². The summed E-state index contributed by atoms with van der Waals surface area (Å²) in [7, 11) is 3.21. The maximum atomic E-state index is 5.89. The molecule has 2 aromatic carbocycles. The van der Waals surface area contributed by atoms with E-state index in [2.05, 4.69) is 24.3 Å². The molecule has 28 heavy (non-hydrogen) atoms. The number of hydrogen-bond donors (Lipinski definition) is 0. The fraction of sp³-hybridized carbons (Fsp3) is 0.400. The molecule has 0 bridgehead atoms. The molecule has 0 amide bonds. The quantitative estimate of drug-likeness (QED) is 0.198. The number of methoxy groups -OCH3 is 2. The number of rotatable bonds is 15. The van der Waals surface area contributed by atoms with Gasteiger partial charge in [0.25, 0.3) is 0 Å². The minimum absolute atomic E-state index is 0.281. The standard InChI is InChI=1S/C20H26O6Se2/c1-21-15-23-11-13-25-17-7-3-5-9-19(17)27-28-20-10-6-4-8-18(20)26-14-12-24-16-22-2/h3-10H,11-16H2,1-2H3. The van der Waals surface area contributed by atoms with Gasteiger partial charge in [0.1, 0.15) is 0 Å². The van der Waals surface area contributed by atoms with Crippen LogP contribution >= 0.6 is 0 Å². The molecule has 0 saturated carbocycles. The Labute approximate surface area is 177 Å². The summed E-state index contributed by atoms with van der Waals surface area (Å²) in [6, 6.07) is 16.4. The zero-order valence-electron chi connectivity index (χ0n) is 16.1. The number of ether oxygens (including phenoxy) is 6. The summed E-state index contributed by atoms with van der Waals surface area (Å²) in [4.78, 5) is 0. The molecule has 2 rings (SSSR count). The minimum atomic E-state index is 0.281. The van der Waals surface area contributed by atoms with E-state index < -0.39 is 0 Å². The van der Waals surface area contributed by atoms with Gasteiger partial charge in [-0.3, -0.25) is 0 Å². The van der Waals surface area contributed by atoms with Crippen LogP contribution in [0.15, 0.2) is 48.5 Å². The van der Waals surface area contributed by atoms with Gasteiger partial charge in [0.2, 0.25) is 0 Å². The summed E-state index contributed by atoms with van der Waals surface area (Å²) in [5.41, 5.74) is 0. The van der Waals surface area contributed by atoms with Gasteiger partial charge < -0.3 is 0 Å². The molecule has 0 spiro atoms. The maximum absolute atomic E-state index is 5.89. The van der Waals surface area contributed by atoms with Crippen LogP contribution in [0.5, 0.6) is 11.5 Å². The Kier molecular flexibility index (Phi) is 12.3. The Balaban J connectivity index is 1.86. The van der Waals surface area contributed by atoms with E-state index in [0.717, 1.165) is 11.5 Å². The molecule has 0 aliphatic rings. The SMILES string of the molecule is COCOCCOc1ccccc1[Se][Se]c1ccccc1OCCOCOC. The van der Waals surface area contributed by atoms with E-state index in [1.807, 2.05) is 24.3 Å². The van der Waals surface area contributed by atoms with Gasteiger partial charge in [-0.15, -0.1) is 0 Å². The molecule has 0 fully saturated rings. The molecular formula is C20H26O6Se2. The van der Waals surface area contributed by atoms with E-state index in [1.54, 1.807) is 14.2 Å². The molecule has 0 saturated heterocycles. The van der Waals surface area contributed by atoms with Crippen LogP contribution in [-0.4, -0.2) is 80.5 Å². The van der Waals surface area contributed by atoms with Gasteiger partial charge in [-0.25, -0.2) is 0 Å². The second-order valence-electron chi connectivity index (χ2n) is 5.39. The molecule has 6 nitrogen and oxygen atoms in total. The van der Waals surface area contributed by atoms with Crippen LogP contribution in [0.25, 0.3) is 0 Å². The van der Waals surface area contributed by atoms with Crippen LogP contribution in [0.2, 0.25) is 0 Å². The summed E-state index contributed by atoms with van der Waals surface area (Å²) in [5, 5.41) is 0. The molecule has 0 aromatic heterocycles. The van der Waals surface area contributed by atoms with E-state index in [-0.39, 0.29) is 39.8 Å². The molecule has 2 aromatic rings. The third-order valence-corrected chi connectivity index (χ3v) is 10.5. The van der Waals surface area contributed by atoms with Crippen molar-refractivity contribution in [1.82, 2.24) is 0 Å². The number of hydrogen-bond acceptors (Lipinski definition) is 6. The van der Waals surface area contributed by atoms with Crippen LogP contribution in [0.3, 0.4) is 0 Å². The summed E-state index contributed by atoms with van der Waals surface area (Å²) in [6.07, 6.45) is 0. The summed E-state index contributed by atoms with van der Waals surface area (Å²) < 4.78 is 34.6. The van der Waals surface area contributed by atoms with Gasteiger partial charge >= 0.3 is 178 Å². The van der Waals surface area contributed by atoms with E-state index in [0.29, 0.717) is 26.4 Å². The fourth-order valence-electron chi connectivity index (χ4n) is 2.07. The van der Waals surface area contributed by atoms with Crippen LogP contribution in [0.4, 0.5) is 0 Å². The van der Waals surface area contributed by atoms with Crippen molar-refractivity contribution >= 4 is 35.2 Å². The average molecular weight is 520 g/mol. The first-order valence-corrected chi connectivity index (χ1v) is 14.8. The molecule has 0 aliphatic heterocycles. The first kappa shape index (κ1) is 23.2. The third-order valence-electron chi connectivity index (χ3n) is 3.29. The number of para-hydroxylation sites is 2. The van der Waals surface area contributed by atoms with Gasteiger partial charge in [0, 0.05) is 0 Å². The van der Waals surface area contributed by atoms with Gasteiger partial charge in [-0.05, 0) is 0 Å². The van der Waals surface area contributed by atoms with Gasteiger partial charge in [0.15, 0.2) is 0 Å². The van der Waals surface area contributed by atoms with Crippen LogP contribution in [0, 0.1) is 0 Å². The Morgan fingerprint density at radius 3 is 1.46 bits per heavy atom. The van der Waals surface area contributed by atoms with E-state index >= 15 is 0 Å². The van der Waals surface area contributed by atoms with Crippen molar-refractivity contribution in [2.24, 2.45) is 0 Å². The first-order valence-electron chi connectivity index (χ1n) is 8.76. The fourth-order valence-corrected chi connectivity index (χ4v) is 8.85. The summed E-state index contributed by atoms with van der Waals surface area (Å²) in [6.45, 7) is 2.58. The van der Waals surface area contributed by atoms with Crippen LogP contribution < -0.4 is 18.4 Å². The molecular weight excluding hydrogens is 494 g/mol. The molecule has 0 radical (unpaired) electrons. The Bertz CT molecular complexity index is 613. The molecule has 0 N–H and O–H groups in total. The second kappa shape index (κ2) is 14.9. The van der Waals surface area contributed by atoms with Crippen LogP contribution in [0.1, 0.15) is 0 Å². The van der Waals surface area contributed by atoms with Crippen LogP contribution in [-0.2, 0) is 18.9 Å². The topological polar surface area (TPSA) is 55.4 Å². The zero-order chi connectivity index (χ0) is 19.9. The second-order valence-corrected chi connectivity index (χ2v) is 11.6. The van der Waals surface area contributed by atoms with Crippen molar-refractivity contribution in [1.29, 1.82) is 0 Å². The predicted molar refractivity (Wildman–Crippen MR) is 110 cm³/mol. The van der Waals surface area contributed by atoms with E-state index in [1.165, 1.54) is 8.92 Å². The van der Waals surface area contributed by atoms with Crippen molar-refractivity contribution in [2.45, 2.75) is 0 Å². The molecule has 154 valence electrons.